The van der Waals surface area contributed by atoms with Gasteiger partial charge in [-0.1, -0.05) is 18.2 Å². The Labute approximate surface area is 341 Å². The maximum atomic E-state index is 14.0. The molecule has 3 rings (SSSR count). The summed E-state index contributed by atoms with van der Waals surface area (Å²) in [7, 11) is 0. The summed E-state index contributed by atoms with van der Waals surface area (Å²) in [4.78, 5) is 109. The van der Waals surface area contributed by atoms with Crippen molar-refractivity contribution in [2.45, 2.75) is 87.6 Å². The quantitative estimate of drug-likeness (QED) is 0.0472. The summed E-state index contributed by atoms with van der Waals surface area (Å²) in [6, 6.07) is 0.0838. The number of fused-ring (bicyclic) bond motifs is 1. The lowest BCUT2D eigenvalue weighted by molar-refractivity contribution is -0.143. The van der Waals surface area contributed by atoms with E-state index in [1.165, 1.54) is 4.90 Å². The van der Waals surface area contributed by atoms with Gasteiger partial charge in [0.25, 0.3) is 0 Å². The monoisotopic (exact) mass is 829 g/mol. The molecule has 326 valence electrons. The highest BCUT2D eigenvalue weighted by Gasteiger charge is 2.36. The Bertz CT molecular complexity index is 1770. The summed E-state index contributed by atoms with van der Waals surface area (Å²) >= 11 is 0. The first-order chi connectivity index (χ1) is 28.3. The maximum Gasteiger partial charge on any atom is 0.326 e. The van der Waals surface area contributed by atoms with Crippen LogP contribution in [-0.4, -0.2) is 144 Å². The third-order valence-corrected chi connectivity index (χ3v) is 9.81. The van der Waals surface area contributed by atoms with Gasteiger partial charge in [-0.05, 0) is 82.8 Å². The van der Waals surface area contributed by atoms with Crippen LogP contribution >= 0.6 is 0 Å². The fourth-order valence-electron chi connectivity index (χ4n) is 6.69. The molecule has 6 atom stereocenters. The van der Waals surface area contributed by atoms with Crippen molar-refractivity contribution in [2.75, 3.05) is 45.8 Å². The number of hydrogen-bond acceptors (Lipinski definition) is 13. The molecular weight excluding hydrogens is 770 g/mol. The van der Waals surface area contributed by atoms with Crippen molar-refractivity contribution in [2.24, 2.45) is 28.7 Å². The molecule has 1 aromatic heterocycles. The van der Waals surface area contributed by atoms with Gasteiger partial charge in [0.05, 0.1) is 13.1 Å². The van der Waals surface area contributed by atoms with Gasteiger partial charge in [-0.2, -0.15) is 0 Å². The molecule has 59 heavy (non-hydrogen) atoms. The number of rotatable bonds is 24. The Morgan fingerprint density at radius 3 is 1.85 bits per heavy atom. The molecule has 1 aliphatic heterocycles. The normalized spacial score (nSPS) is 16.4. The number of aromatic amines is 1. The van der Waals surface area contributed by atoms with Crippen LogP contribution in [0.15, 0.2) is 30.5 Å². The summed E-state index contributed by atoms with van der Waals surface area (Å²) in [6.45, 7) is -0.675. The predicted molar refractivity (Wildman–Crippen MR) is 215 cm³/mol. The van der Waals surface area contributed by atoms with Gasteiger partial charge in [-0.3, -0.25) is 33.6 Å². The molecule has 7 amide bonds. The number of H-pyrrole nitrogens is 1. The number of nitrogens with two attached hydrogens (primary N) is 5. The maximum absolute atomic E-state index is 14.0. The van der Waals surface area contributed by atoms with E-state index in [4.69, 9.17) is 28.7 Å². The Balaban J connectivity index is 1.80. The predicted octanol–water partition coefficient (Wildman–Crippen LogP) is -4.93. The molecule has 0 aliphatic carbocycles. The summed E-state index contributed by atoms with van der Waals surface area (Å²) < 4.78 is 0. The molecule has 1 saturated heterocycles. The van der Waals surface area contributed by atoms with Crippen molar-refractivity contribution < 1.29 is 43.5 Å². The average molecular weight is 830 g/mol. The second kappa shape index (κ2) is 24.3. The standard InChI is InChI=1S/C37H59N13O9/c38-12-8-24(45-30(51)18-42)32(53)44-20-31(52)50-16-4-3-7-29(50)36(57)47-26(10-14-40)34(55)49-28(17-21-19-43-23-6-2-1-5-22(21)23)35(56)46-25(9-13-39)33(54)48-27(11-15-41)37(58)59/h1-2,5-6,19,24-29,43H,3-4,7-18,20,38-42H2,(H,44,53)(H,45,51)(H,46,56)(H,47,57)(H,48,54)(H,49,55)(H,58,59)/t24-,25-,26-,27-,28-,29-/m0/s1. The topological polar surface area (TPSA) is 378 Å². The molecule has 1 aliphatic rings. The highest BCUT2D eigenvalue weighted by atomic mass is 16.4. The molecule has 2 heterocycles. The highest BCUT2D eigenvalue weighted by Crippen LogP contribution is 2.20. The van der Waals surface area contributed by atoms with Crippen LogP contribution < -0.4 is 60.6 Å². The van der Waals surface area contributed by atoms with E-state index in [0.29, 0.717) is 18.4 Å². The minimum atomic E-state index is -1.32. The largest absolute Gasteiger partial charge is 0.480 e. The highest BCUT2D eigenvalue weighted by molar-refractivity contribution is 5.97. The van der Waals surface area contributed by atoms with Crippen LogP contribution in [0.3, 0.4) is 0 Å². The van der Waals surface area contributed by atoms with E-state index in [1.807, 2.05) is 18.2 Å². The number of carboxylic acids is 1. The van der Waals surface area contributed by atoms with Gasteiger partial charge >= 0.3 is 5.97 Å². The first kappa shape index (κ1) is 47.7. The number of hydrogen-bond donors (Lipinski definition) is 13. The van der Waals surface area contributed by atoms with Crippen LogP contribution in [-0.2, 0) is 44.8 Å². The van der Waals surface area contributed by atoms with Crippen molar-refractivity contribution >= 4 is 58.2 Å². The molecular formula is C37H59N13O9. The van der Waals surface area contributed by atoms with Crippen LogP contribution in [0.1, 0.15) is 50.5 Å². The van der Waals surface area contributed by atoms with Crippen molar-refractivity contribution in [1.82, 2.24) is 41.8 Å². The molecule has 18 N–H and O–H groups in total. The Hall–Kier alpha value is -5.68. The molecule has 0 bridgehead atoms. The number of carbonyl (C=O) groups is 8. The minimum Gasteiger partial charge on any atom is -0.480 e. The van der Waals surface area contributed by atoms with Crippen molar-refractivity contribution in [3.8, 4) is 0 Å². The Morgan fingerprint density at radius 1 is 0.695 bits per heavy atom. The number of nitrogens with zero attached hydrogens (tertiary/aromatic N) is 1. The molecule has 22 nitrogen and oxygen atoms in total. The molecule has 22 heteroatoms. The molecule has 0 saturated carbocycles. The van der Waals surface area contributed by atoms with Crippen LogP contribution in [0.5, 0.6) is 0 Å². The van der Waals surface area contributed by atoms with E-state index >= 15 is 0 Å². The third kappa shape index (κ3) is 14.3. The van der Waals surface area contributed by atoms with Gasteiger partial charge in [0.2, 0.25) is 41.4 Å². The zero-order chi connectivity index (χ0) is 43.5. The molecule has 0 radical (unpaired) electrons. The zero-order valence-corrected chi connectivity index (χ0v) is 33.0. The lowest BCUT2D eigenvalue weighted by atomic mass is 10.00. The summed E-state index contributed by atoms with van der Waals surface area (Å²) in [5.74, 6) is -6.14. The number of amides is 7. The second-order valence-electron chi connectivity index (χ2n) is 14.1. The van der Waals surface area contributed by atoms with Gasteiger partial charge in [0.15, 0.2) is 0 Å². The fourth-order valence-corrected chi connectivity index (χ4v) is 6.69. The number of carbonyl (C=O) groups excluding carboxylic acids is 7. The minimum absolute atomic E-state index is 0.0222. The SMILES string of the molecule is NCC[C@H](NC(=O)[C@H](CCN)NC(=O)[C@H](Cc1c[nH]c2ccccc12)NC(=O)[C@H](CCN)NC(=O)[C@@H]1CCCCN1C(=O)CNC(=O)[C@H](CCN)NC(=O)CN)C(=O)O. The molecule has 0 unspecified atom stereocenters. The van der Waals surface area contributed by atoms with Crippen LogP contribution in [0.25, 0.3) is 10.9 Å². The van der Waals surface area contributed by atoms with E-state index < -0.39 is 90.1 Å². The van der Waals surface area contributed by atoms with Crippen molar-refractivity contribution in [3.63, 3.8) is 0 Å². The molecule has 1 aromatic carbocycles. The van der Waals surface area contributed by atoms with Gasteiger partial charge < -0.3 is 75.6 Å². The van der Waals surface area contributed by atoms with Crippen LogP contribution in [0.4, 0.5) is 0 Å². The third-order valence-electron chi connectivity index (χ3n) is 9.81. The van der Waals surface area contributed by atoms with Crippen LogP contribution in [0, 0.1) is 0 Å². The van der Waals surface area contributed by atoms with Crippen LogP contribution in [0.2, 0.25) is 0 Å². The lowest BCUT2D eigenvalue weighted by Gasteiger charge is -2.35. The summed E-state index contributed by atoms with van der Waals surface area (Å²) in [5.41, 5.74) is 29.4. The zero-order valence-electron chi connectivity index (χ0n) is 33.0. The second-order valence-corrected chi connectivity index (χ2v) is 14.1. The molecule has 0 spiro atoms. The van der Waals surface area contributed by atoms with E-state index in [9.17, 15) is 43.5 Å². The number of aliphatic carboxylic acids is 1. The fraction of sp³-hybridized carbons (Fsp3) is 0.568. The van der Waals surface area contributed by atoms with E-state index in [1.54, 1.807) is 12.3 Å². The average Bonchev–Trinajstić information content (AvgIpc) is 3.63. The van der Waals surface area contributed by atoms with Gasteiger partial charge in [-0.15, -0.1) is 0 Å². The summed E-state index contributed by atoms with van der Waals surface area (Å²) in [5, 5.41) is 25.6. The molecule has 2 aromatic rings. The van der Waals surface area contributed by atoms with Gasteiger partial charge in [0.1, 0.15) is 36.3 Å². The van der Waals surface area contributed by atoms with Gasteiger partial charge in [-0.25, -0.2) is 4.79 Å². The Kier molecular flexibility index (Phi) is 19.6. The van der Waals surface area contributed by atoms with Crippen molar-refractivity contribution in [3.05, 3.63) is 36.0 Å². The smallest absolute Gasteiger partial charge is 0.326 e. The number of aromatic nitrogens is 1. The number of carboxylic acid groups (broad SMARTS) is 1. The number of para-hydroxylation sites is 1. The molecule has 1 fully saturated rings. The Morgan fingerprint density at radius 2 is 1.24 bits per heavy atom. The van der Waals surface area contributed by atoms with E-state index in [0.717, 1.165) is 10.9 Å². The van der Waals surface area contributed by atoms with Gasteiger partial charge in [0, 0.05) is 30.1 Å². The number of piperidine rings is 1. The number of benzene rings is 1. The number of likely N-dealkylation sites (tertiary alicyclic amines) is 1. The lowest BCUT2D eigenvalue weighted by Crippen LogP contribution is -2.60. The van der Waals surface area contributed by atoms with E-state index in [-0.39, 0.29) is 77.8 Å². The van der Waals surface area contributed by atoms with E-state index in [2.05, 4.69) is 36.9 Å². The first-order valence-electron chi connectivity index (χ1n) is 19.6. The summed E-state index contributed by atoms with van der Waals surface area (Å²) in [6.07, 6.45) is 2.96. The number of nitrogens with one attached hydrogen (secondary N) is 7. The first-order valence-corrected chi connectivity index (χ1v) is 19.6. The van der Waals surface area contributed by atoms with Crippen molar-refractivity contribution in [1.29, 1.82) is 0 Å².